The van der Waals surface area contributed by atoms with Gasteiger partial charge in [-0.1, -0.05) is 49.6 Å². The summed E-state index contributed by atoms with van der Waals surface area (Å²) in [5.41, 5.74) is 7.26. The van der Waals surface area contributed by atoms with Crippen LogP contribution in [0.1, 0.15) is 37.7 Å². The van der Waals surface area contributed by atoms with Crippen LogP contribution >= 0.6 is 25.0 Å². The molecule has 0 saturated carbocycles. The molecule has 98 valence electrons. The van der Waals surface area contributed by atoms with E-state index in [2.05, 4.69) is 43.0 Å². The molecule has 3 heteroatoms. The summed E-state index contributed by atoms with van der Waals surface area (Å²) in [5, 5.41) is 0. The molecule has 1 atom stereocenters. The number of nitrogens with two attached hydrogens (primary N) is 1. The Morgan fingerprint density at radius 1 is 1.00 bits per heavy atom. The van der Waals surface area contributed by atoms with Gasteiger partial charge in [-0.3, -0.25) is 0 Å². The van der Waals surface area contributed by atoms with Crippen LogP contribution in [0.4, 0.5) is 0 Å². The average Bonchev–Trinajstić information content (AvgIpc) is 2.34. The van der Waals surface area contributed by atoms with Crippen molar-refractivity contribution >= 4 is 25.0 Å². The van der Waals surface area contributed by atoms with Crippen molar-refractivity contribution in [1.29, 1.82) is 0 Å². The van der Waals surface area contributed by atoms with Crippen LogP contribution in [-0.2, 0) is 6.42 Å². The van der Waals surface area contributed by atoms with Crippen molar-refractivity contribution in [2.45, 2.75) is 44.6 Å². The highest BCUT2D eigenvalue weighted by Crippen LogP contribution is 2.09. The van der Waals surface area contributed by atoms with E-state index in [1.165, 1.54) is 37.7 Å². The summed E-state index contributed by atoms with van der Waals surface area (Å²) >= 11 is 4.18. The fraction of sp³-hybridized carbons (Fsp3) is 0.571. The zero-order valence-corrected chi connectivity index (χ0v) is 12.1. The van der Waals surface area contributed by atoms with E-state index in [0.29, 0.717) is 0 Å². The van der Waals surface area contributed by atoms with Crippen LogP contribution in [0, 0.1) is 0 Å². The first-order valence-corrected chi connectivity index (χ1v) is 6.86. The van der Waals surface area contributed by atoms with Crippen LogP contribution in [0.15, 0.2) is 30.3 Å². The van der Waals surface area contributed by atoms with Gasteiger partial charge < -0.3 is 5.73 Å². The molecular formula is C14H24ClNS. The molecule has 1 nitrogen and oxygen atoms in total. The molecule has 2 N–H and O–H groups in total. The highest BCUT2D eigenvalue weighted by atomic mass is 35.5. The first-order valence-electron chi connectivity index (χ1n) is 6.23. The van der Waals surface area contributed by atoms with E-state index in [9.17, 15) is 0 Å². The van der Waals surface area contributed by atoms with Crippen molar-refractivity contribution in [1.82, 2.24) is 0 Å². The van der Waals surface area contributed by atoms with Gasteiger partial charge in [0.1, 0.15) is 0 Å². The summed E-state index contributed by atoms with van der Waals surface area (Å²) in [6, 6.07) is 11.0. The zero-order valence-electron chi connectivity index (χ0n) is 10.3. The van der Waals surface area contributed by atoms with E-state index in [1.807, 2.05) is 0 Å². The molecule has 17 heavy (non-hydrogen) atoms. The van der Waals surface area contributed by atoms with Crippen LogP contribution in [-0.4, -0.2) is 11.8 Å². The third kappa shape index (κ3) is 8.53. The van der Waals surface area contributed by atoms with Gasteiger partial charge in [-0.25, -0.2) is 0 Å². The molecule has 0 saturated heterocycles. The van der Waals surface area contributed by atoms with Gasteiger partial charge in [-0.15, -0.1) is 12.4 Å². The summed E-state index contributed by atoms with van der Waals surface area (Å²) in [5.74, 6) is 0.810. The van der Waals surface area contributed by atoms with Crippen molar-refractivity contribution in [2.75, 3.05) is 5.75 Å². The molecule has 0 aliphatic carbocycles. The van der Waals surface area contributed by atoms with Gasteiger partial charge in [0.05, 0.1) is 0 Å². The van der Waals surface area contributed by atoms with E-state index >= 15 is 0 Å². The Hall–Kier alpha value is -0.180. The smallest absolute Gasteiger partial charge is 0.0127 e. The molecule has 0 aliphatic heterocycles. The number of hydrogen-bond donors (Lipinski definition) is 2. The van der Waals surface area contributed by atoms with Crippen molar-refractivity contribution in [2.24, 2.45) is 5.73 Å². The topological polar surface area (TPSA) is 26.0 Å². The maximum absolute atomic E-state index is 5.80. The molecule has 0 bridgehead atoms. The SMILES string of the molecule is Cl.NC(CS)CCCCCCc1ccccc1. The minimum atomic E-state index is 0. The van der Waals surface area contributed by atoms with E-state index in [0.717, 1.165) is 12.2 Å². The summed E-state index contributed by atoms with van der Waals surface area (Å²) in [4.78, 5) is 0. The van der Waals surface area contributed by atoms with E-state index in [1.54, 1.807) is 0 Å². The molecule has 0 heterocycles. The van der Waals surface area contributed by atoms with E-state index in [-0.39, 0.29) is 18.4 Å². The van der Waals surface area contributed by atoms with Gasteiger partial charge >= 0.3 is 0 Å². The molecule has 1 aromatic carbocycles. The summed E-state index contributed by atoms with van der Waals surface area (Å²) in [6.45, 7) is 0. The molecule has 0 radical (unpaired) electrons. The Bertz CT molecular complexity index is 266. The van der Waals surface area contributed by atoms with Gasteiger partial charge in [-0.2, -0.15) is 12.6 Å². The highest BCUT2D eigenvalue weighted by Gasteiger charge is 1.98. The first kappa shape index (κ1) is 16.8. The van der Waals surface area contributed by atoms with Crippen molar-refractivity contribution < 1.29 is 0 Å². The monoisotopic (exact) mass is 273 g/mol. The fourth-order valence-corrected chi connectivity index (χ4v) is 2.01. The molecular weight excluding hydrogens is 250 g/mol. The third-order valence-electron chi connectivity index (χ3n) is 2.87. The maximum Gasteiger partial charge on any atom is 0.0127 e. The van der Waals surface area contributed by atoms with E-state index < -0.39 is 0 Å². The molecule has 1 unspecified atom stereocenters. The number of benzene rings is 1. The second kappa shape index (κ2) is 10.9. The molecule has 0 amide bonds. The van der Waals surface area contributed by atoms with Gasteiger partial charge in [-0.05, 0) is 24.8 Å². The second-order valence-corrected chi connectivity index (χ2v) is 4.75. The van der Waals surface area contributed by atoms with Crippen molar-refractivity contribution in [3.63, 3.8) is 0 Å². The van der Waals surface area contributed by atoms with Gasteiger partial charge in [0.15, 0.2) is 0 Å². The van der Waals surface area contributed by atoms with Crippen LogP contribution in [0.3, 0.4) is 0 Å². The predicted octanol–water partition coefficient (Wildman–Crippen LogP) is 3.86. The average molecular weight is 274 g/mol. The van der Waals surface area contributed by atoms with E-state index in [4.69, 9.17) is 5.73 Å². The van der Waals surface area contributed by atoms with Crippen molar-refractivity contribution in [3.05, 3.63) is 35.9 Å². The highest BCUT2D eigenvalue weighted by molar-refractivity contribution is 7.80. The number of halogens is 1. The largest absolute Gasteiger partial charge is 0.327 e. The molecule has 0 aliphatic rings. The molecule has 0 spiro atoms. The van der Waals surface area contributed by atoms with Crippen LogP contribution in [0.5, 0.6) is 0 Å². The molecule has 0 aromatic heterocycles. The Morgan fingerprint density at radius 2 is 1.65 bits per heavy atom. The molecule has 1 rings (SSSR count). The quantitative estimate of drug-likeness (QED) is 0.546. The van der Waals surface area contributed by atoms with Gasteiger partial charge in [0.2, 0.25) is 0 Å². The third-order valence-corrected chi connectivity index (χ3v) is 3.34. The van der Waals surface area contributed by atoms with Crippen LogP contribution < -0.4 is 5.73 Å². The Balaban J connectivity index is 0.00000256. The molecule has 1 aromatic rings. The summed E-state index contributed by atoms with van der Waals surface area (Å²) < 4.78 is 0. The number of hydrogen-bond acceptors (Lipinski definition) is 2. The Kier molecular flexibility index (Phi) is 10.8. The van der Waals surface area contributed by atoms with Gasteiger partial charge in [0, 0.05) is 11.8 Å². The summed E-state index contributed by atoms with van der Waals surface area (Å²) in [6.07, 6.45) is 7.48. The minimum absolute atomic E-state index is 0. The molecule has 0 fully saturated rings. The zero-order chi connectivity index (χ0) is 11.6. The number of rotatable bonds is 8. The summed E-state index contributed by atoms with van der Waals surface area (Å²) in [7, 11) is 0. The number of thiol groups is 1. The predicted molar refractivity (Wildman–Crippen MR) is 82.3 cm³/mol. The Morgan fingerprint density at radius 3 is 2.29 bits per heavy atom. The maximum atomic E-state index is 5.80. The Labute approximate surface area is 117 Å². The minimum Gasteiger partial charge on any atom is -0.327 e. The standard InChI is InChI=1S/C14H23NS.ClH/c15-14(12-16)11-7-2-1-4-8-13-9-5-3-6-10-13;/h3,5-6,9-10,14,16H,1-2,4,7-8,11-12,15H2;1H. The first-order chi connectivity index (χ1) is 7.83. The second-order valence-electron chi connectivity index (χ2n) is 4.38. The number of unbranched alkanes of at least 4 members (excludes halogenated alkanes) is 3. The van der Waals surface area contributed by atoms with Crippen LogP contribution in [0.25, 0.3) is 0 Å². The lowest BCUT2D eigenvalue weighted by Crippen LogP contribution is -2.21. The lowest BCUT2D eigenvalue weighted by Gasteiger charge is -2.07. The normalized spacial score (nSPS) is 11.9. The van der Waals surface area contributed by atoms with Gasteiger partial charge in [0.25, 0.3) is 0 Å². The lowest BCUT2D eigenvalue weighted by atomic mass is 10.0. The lowest BCUT2D eigenvalue weighted by molar-refractivity contribution is 0.570. The van der Waals surface area contributed by atoms with Crippen LogP contribution in [0.2, 0.25) is 0 Å². The number of aryl methyl sites for hydroxylation is 1. The van der Waals surface area contributed by atoms with Crippen molar-refractivity contribution in [3.8, 4) is 0 Å². The fourth-order valence-electron chi connectivity index (χ4n) is 1.83.